The Hall–Kier alpha value is -1.71. The Labute approximate surface area is 127 Å². The summed E-state index contributed by atoms with van der Waals surface area (Å²) >= 11 is 11.7. The number of benzene rings is 2. The van der Waals surface area contributed by atoms with Gasteiger partial charge >= 0.3 is 0 Å². The number of methoxy groups -OCH3 is 1. The summed E-state index contributed by atoms with van der Waals surface area (Å²) in [4.78, 5) is 12.3. The molecule has 0 aliphatic heterocycles. The smallest absolute Gasteiger partial charge is 0.259 e. The van der Waals surface area contributed by atoms with Gasteiger partial charge in [0.1, 0.15) is 5.75 Å². The molecule has 0 saturated carbocycles. The van der Waals surface area contributed by atoms with Crippen LogP contribution in [0.5, 0.6) is 5.75 Å². The van der Waals surface area contributed by atoms with E-state index < -0.39 is 0 Å². The third-order valence-electron chi connectivity index (χ3n) is 2.75. The first-order valence-electron chi connectivity index (χ1n) is 5.94. The Bertz CT molecular complexity index is 629. The van der Waals surface area contributed by atoms with Crippen molar-refractivity contribution >= 4 is 34.8 Å². The van der Waals surface area contributed by atoms with Crippen LogP contribution in [0.3, 0.4) is 0 Å². The normalized spacial score (nSPS) is 10.2. The second kappa shape index (κ2) is 6.64. The molecule has 104 valence electrons. The molecule has 2 rings (SSSR count). The molecule has 5 heteroatoms. The van der Waals surface area contributed by atoms with Gasteiger partial charge in [-0.2, -0.15) is 0 Å². The molecule has 0 aromatic heterocycles. The minimum Gasteiger partial charge on any atom is -0.496 e. The van der Waals surface area contributed by atoms with Gasteiger partial charge in [-0.1, -0.05) is 23.7 Å². The van der Waals surface area contributed by atoms with Crippen LogP contribution in [-0.2, 0) is 5.88 Å². The maximum Gasteiger partial charge on any atom is 0.259 e. The van der Waals surface area contributed by atoms with Crippen molar-refractivity contribution in [2.24, 2.45) is 0 Å². The van der Waals surface area contributed by atoms with Gasteiger partial charge in [-0.25, -0.2) is 0 Å². The van der Waals surface area contributed by atoms with Gasteiger partial charge in [-0.15, -0.1) is 11.6 Å². The number of anilines is 1. The predicted molar refractivity (Wildman–Crippen MR) is 82.0 cm³/mol. The molecule has 0 radical (unpaired) electrons. The highest BCUT2D eigenvalue weighted by Gasteiger charge is 2.13. The molecule has 0 spiro atoms. The van der Waals surface area contributed by atoms with E-state index in [0.717, 1.165) is 5.56 Å². The van der Waals surface area contributed by atoms with Crippen molar-refractivity contribution in [3.63, 3.8) is 0 Å². The van der Waals surface area contributed by atoms with E-state index in [1.807, 2.05) is 18.2 Å². The second-order valence-electron chi connectivity index (χ2n) is 4.13. The van der Waals surface area contributed by atoms with E-state index in [1.54, 1.807) is 24.3 Å². The van der Waals surface area contributed by atoms with E-state index in [2.05, 4.69) is 5.32 Å². The molecule has 0 aliphatic rings. The number of carbonyl (C=O) groups excluding carboxylic acids is 1. The Morgan fingerprint density at radius 3 is 2.75 bits per heavy atom. The van der Waals surface area contributed by atoms with Crippen LogP contribution in [0.15, 0.2) is 42.5 Å². The van der Waals surface area contributed by atoms with Gasteiger partial charge in [0.25, 0.3) is 5.91 Å². The molecule has 0 heterocycles. The molecular formula is C15H13Cl2NO2. The van der Waals surface area contributed by atoms with Crippen LogP contribution >= 0.6 is 23.2 Å². The van der Waals surface area contributed by atoms with Crippen LogP contribution in [0.2, 0.25) is 5.02 Å². The molecule has 0 bridgehead atoms. The highest BCUT2D eigenvalue weighted by molar-refractivity contribution is 6.31. The molecule has 0 atom stereocenters. The summed E-state index contributed by atoms with van der Waals surface area (Å²) in [6, 6.07) is 12.2. The zero-order chi connectivity index (χ0) is 14.5. The largest absolute Gasteiger partial charge is 0.496 e. The molecule has 2 aromatic carbocycles. The number of carbonyl (C=O) groups is 1. The van der Waals surface area contributed by atoms with Crippen molar-refractivity contribution in [3.05, 3.63) is 58.6 Å². The fraction of sp³-hybridized carbons (Fsp3) is 0.133. The third-order valence-corrected chi connectivity index (χ3v) is 3.29. The molecule has 0 saturated heterocycles. The molecule has 0 aliphatic carbocycles. The SMILES string of the molecule is COc1ccc(Cl)cc1C(=O)Nc1cccc(CCl)c1. The van der Waals surface area contributed by atoms with E-state index in [9.17, 15) is 4.79 Å². The van der Waals surface area contributed by atoms with Crippen LogP contribution in [0.1, 0.15) is 15.9 Å². The summed E-state index contributed by atoms with van der Waals surface area (Å²) < 4.78 is 5.16. The summed E-state index contributed by atoms with van der Waals surface area (Å²) in [6.45, 7) is 0. The zero-order valence-electron chi connectivity index (χ0n) is 10.8. The van der Waals surface area contributed by atoms with Crippen molar-refractivity contribution in [1.82, 2.24) is 0 Å². The van der Waals surface area contributed by atoms with Gasteiger partial charge in [-0.05, 0) is 35.9 Å². The van der Waals surface area contributed by atoms with E-state index in [1.165, 1.54) is 7.11 Å². The Morgan fingerprint density at radius 2 is 2.05 bits per heavy atom. The average molecular weight is 310 g/mol. The number of hydrogen-bond acceptors (Lipinski definition) is 2. The van der Waals surface area contributed by atoms with Crippen molar-refractivity contribution < 1.29 is 9.53 Å². The molecule has 2 aromatic rings. The lowest BCUT2D eigenvalue weighted by Crippen LogP contribution is -2.13. The average Bonchev–Trinajstić information content (AvgIpc) is 2.47. The lowest BCUT2D eigenvalue weighted by molar-refractivity contribution is 0.102. The number of amides is 1. The Morgan fingerprint density at radius 1 is 1.25 bits per heavy atom. The van der Waals surface area contributed by atoms with E-state index in [-0.39, 0.29) is 5.91 Å². The van der Waals surface area contributed by atoms with E-state index >= 15 is 0 Å². The minimum atomic E-state index is -0.281. The molecule has 20 heavy (non-hydrogen) atoms. The highest BCUT2D eigenvalue weighted by atomic mass is 35.5. The molecular weight excluding hydrogens is 297 g/mol. The Balaban J connectivity index is 2.25. The van der Waals surface area contributed by atoms with Crippen LogP contribution < -0.4 is 10.1 Å². The lowest BCUT2D eigenvalue weighted by atomic mass is 10.1. The Kier molecular flexibility index (Phi) is 4.88. The van der Waals surface area contributed by atoms with Crippen LogP contribution in [0.4, 0.5) is 5.69 Å². The van der Waals surface area contributed by atoms with Gasteiger partial charge in [0.15, 0.2) is 0 Å². The summed E-state index contributed by atoms with van der Waals surface area (Å²) in [7, 11) is 1.51. The summed E-state index contributed by atoms with van der Waals surface area (Å²) in [6.07, 6.45) is 0. The fourth-order valence-electron chi connectivity index (χ4n) is 1.79. The van der Waals surface area contributed by atoms with E-state index in [4.69, 9.17) is 27.9 Å². The second-order valence-corrected chi connectivity index (χ2v) is 4.84. The standard InChI is InChI=1S/C15H13Cl2NO2/c1-20-14-6-5-11(17)8-13(14)15(19)18-12-4-2-3-10(7-12)9-16/h2-8H,9H2,1H3,(H,18,19). The van der Waals surface area contributed by atoms with Crippen molar-refractivity contribution in [2.75, 3.05) is 12.4 Å². The number of nitrogens with one attached hydrogen (secondary N) is 1. The van der Waals surface area contributed by atoms with Gasteiger partial charge in [0.05, 0.1) is 12.7 Å². The maximum absolute atomic E-state index is 12.3. The fourth-order valence-corrected chi connectivity index (χ4v) is 2.13. The van der Waals surface area contributed by atoms with Crippen molar-refractivity contribution in [1.29, 1.82) is 0 Å². The number of halogens is 2. The van der Waals surface area contributed by atoms with Crippen LogP contribution in [-0.4, -0.2) is 13.0 Å². The van der Waals surface area contributed by atoms with Gasteiger partial charge in [-0.3, -0.25) is 4.79 Å². The van der Waals surface area contributed by atoms with Gasteiger partial charge in [0.2, 0.25) is 0 Å². The van der Waals surface area contributed by atoms with E-state index in [0.29, 0.717) is 27.9 Å². The molecule has 1 N–H and O–H groups in total. The number of rotatable bonds is 4. The monoisotopic (exact) mass is 309 g/mol. The first-order chi connectivity index (χ1) is 9.63. The third kappa shape index (κ3) is 3.44. The zero-order valence-corrected chi connectivity index (χ0v) is 12.3. The highest BCUT2D eigenvalue weighted by Crippen LogP contribution is 2.24. The number of alkyl halides is 1. The maximum atomic E-state index is 12.3. The summed E-state index contributed by atoms with van der Waals surface area (Å²) in [5.74, 6) is 0.584. The lowest BCUT2D eigenvalue weighted by Gasteiger charge is -2.10. The molecule has 0 unspecified atom stereocenters. The summed E-state index contributed by atoms with van der Waals surface area (Å²) in [5, 5.41) is 3.28. The van der Waals surface area contributed by atoms with Crippen LogP contribution in [0.25, 0.3) is 0 Å². The van der Waals surface area contributed by atoms with Crippen molar-refractivity contribution in [2.45, 2.75) is 5.88 Å². The first kappa shape index (κ1) is 14.7. The minimum absolute atomic E-state index is 0.281. The first-order valence-corrected chi connectivity index (χ1v) is 6.85. The van der Waals surface area contributed by atoms with Gasteiger partial charge in [0, 0.05) is 16.6 Å². The summed E-state index contributed by atoms with van der Waals surface area (Å²) in [5.41, 5.74) is 1.99. The quantitative estimate of drug-likeness (QED) is 0.853. The van der Waals surface area contributed by atoms with Crippen molar-refractivity contribution in [3.8, 4) is 5.75 Å². The molecule has 1 amide bonds. The number of ether oxygens (including phenoxy) is 1. The predicted octanol–water partition coefficient (Wildman–Crippen LogP) is 4.34. The van der Waals surface area contributed by atoms with Gasteiger partial charge < -0.3 is 10.1 Å². The number of hydrogen-bond donors (Lipinski definition) is 1. The molecule has 3 nitrogen and oxygen atoms in total. The van der Waals surface area contributed by atoms with Crippen LogP contribution in [0, 0.1) is 0 Å². The molecule has 0 fully saturated rings. The topological polar surface area (TPSA) is 38.3 Å².